The van der Waals surface area contributed by atoms with Gasteiger partial charge in [0, 0.05) is 23.8 Å². The van der Waals surface area contributed by atoms with Gasteiger partial charge in [-0.15, -0.1) is 0 Å². The fourth-order valence-corrected chi connectivity index (χ4v) is 2.77. The van der Waals surface area contributed by atoms with E-state index in [1.54, 1.807) is 12.1 Å². The highest BCUT2D eigenvalue weighted by Crippen LogP contribution is 2.24. The second-order valence-corrected chi connectivity index (χ2v) is 6.01. The molecule has 138 valence electrons. The van der Waals surface area contributed by atoms with E-state index < -0.39 is 11.9 Å². The number of aryl methyl sites for hydroxylation is 2. The second-order valence-electron chi connectivity index (χ2n) is 6.01. The maximum Gasteiger partial charge on any atom is 0.354 e. The first-order valence-electron chi connectivity index (χ1n) is 8.09. The number of carbonyl (C=O) groups excluding carboxylic acids is 2. The molecule has 4 aromatic rings. The third kappa shape index (κ3) is 2.88. The Balaban J connectivity index is 1.46. The van der Waals surface area contributed by atoms with E-state index in [2.05, 4.69) is 25.2 Å². The van der Waals surface area contributed by atoms with Gasteiger partial charge in [-0.2, -0.15) is 5.10 Å². The molecule has 0 unspecified atom stereocenters. The van der Waals surface area contributed by atoms with E-state index in [1.807, 2.05) is 13.8 Å². The number of rotatable bonds is 4. The summed E-state index contributed by atoms with van der Waals surface area (Å²) in [7, 11) is 1.30. The van der Waals surface area contributed by atoms with Gasteiger partial charge in [-0.25, -0.2) is 10.2 Å². The summed E-state index contributed by atoms with van der Waals surface area (Å²) in [6.07, 6.45) is 1.37. The predicted octanol–water partition coefficient (Wildman–Crippen LogP) is 3.00. The van der Waals surface area contributed by atoms with Crippen LogP contribution in [0.15, 0.2) is 32.1 Å². The molecule has 27 heavy (non-hydrogen) atoms. The number of aromatic nitrogens is 2. The molecule has 1 amide bonds. The molecule has 0 atom stereocenters. The normalized spacial score (nSPS) is 11.7. The van der Waals surface area contributed by atoms with E-state index in [0.717, 1.165) is 16.8 Å². The van der Waals surface area contributed by atoms with Crippen LogP contribution in [0.1, 0.15) is 38.1 Å². The molecule has 0 radical (unpaired) electrons. The Hall–Kier alpha value is -3.75. The highest BCUT2D eigenvalue weighted by Gasteiger charge is 2.15. The van der Waals surface area contributed by atoms with E-state index >= 15 is 0 Å². The predicted molar refractivity (Wildman–Crippen MR) is 97.0 cm³/mol. The molecule has 0 aromatic carbocycles. The molecule has 4 aromatic heterocycles. The number of methoxy groups -OCH3 is 1. The molecule has 4 heterocycles. The standard InChI is InChI=1S/C18H16N4O5/c1-8-9(2)26-15-5-12(21-16(8)15)17(23)22-19-7-10-4-11-14(27-10)6-13(20-11)18(24)25-3/h4-7,20-21H,1-3H3,(H,22,23)/b19-7-. The lowest BCUT2D eigenvalue weighted by Gasteiger charge is -1.95. The van der Waals surface area contributed by atoms with Crippen molar-refractivity contribution >= 4 is 40.3 Å². The van der Waals surface area contributed by atoms with Crippen LogP contribution >= 0.6 is 0 Å². The van der Waals surface area contributed by atoms with Crippen LogP contribution < -0.4 is 5.43 Å². The van der Waals surface area contributed by atoms with Crippen LogP contribution in [-0.4, -0.2) is 35.2 Å². The number of hydrogen-bond donors (Lipinski definition) is 3. The molecule has 3 N–H and O–H groups in total. The molecule has 0 saturated heterocycles. The summed E-state index contributed by atoms with van der Waals surface area (Å²) in [5.41, 5.74) is 6.55. The van der Waals surface area contributed by atoms with Gasteiger partial charge >= 0.3 is 5.97 Å². The molecule has 4 rings (SSSR count). The molecule has 9 nitrogen and oxygen atoms in total. The van der Waals surface area contributed by atoms with Gasteiger partial charge in [0.15, 0.2) is 11.2 Å². The van der Waals surface area contributed by atoms with Crippen molar-refractivity contribution in [3.63, 3.8) is 0 Å². The van der Waals surface area contributed by atoms with Crippen molar-refractivity contribution in [1.82, 2.24) is 15.4 Å². The number of fused-ring (bicyclic) bond motifs is 2. The number of aromatic amines is 2. The van der Waals surface area contributed by atoms with Gasteiger partial charge < -0.3 is 23.5 Å². The summed E-state index contributed by atoms with van der Waals surface area (Å²) in [6, 6.07) is 4.82. The number of H-pyrrole nitrogens is 2. The topological polar surface area (TPSA) is 126 Å². The fourth-order valence-electron chi connectivity index (χ4n) is 2.77. The summed E-state index contributed by atoms with van der Waals surface area (Å²) < 4.78 is 15.7. The lowest BCUT2D eigenvalue weighted by atomic mass is 10.3. The number of hydrogen-bond acceptors (Lipinski definition) is 6. The van der Waals surface area contributed by atoms with Crippen molar-refractivity contribution in [3.8, 4) is 0 Å². The Morgan fingerprint density at radius 1 is 1.11 bits per heavy atom. The number of ether oxygens (including phenoxy) is 1. The zero-order chi connectivity index (χ0) is 19.1. The minimum Gasteiger partial charge on any atom is -0.464 e. The zero-order valence-electron chi connectivity index (χ0n) is 14.8. The third-order valence-corrected chi connectivity index (χ3v) is 4.28. The SMILES string of the molecule is COC(=O)c1cc2oc(/C=N\NC(=O)c3cc4oc(C)c(C)c4[nH]3)cc2[nH]1. The molecule has 0 bridgehead atoms. The van der Waals surface area contributed by atoms with E-state index in [-0.39, 0.29) is 0 Å². The first kappa shape index (κ1) is 16.7. The van der Waals surface area contributed by atoms with E-state index in [1.165, 1.54) is 19.4 Å². The molecule has 0 aliphatic carbocycles. The Morgan fingerprint density at radius 2 is 1.89 bits per heavy atom. The largest absolute Gasteiger partial charge is 0.464 e. The van der Waals surface area contributed by atoms with Crippen molar-refractivity contribution in [2.75, 3.05) is 7.11 Å². The number of amides is 1. The van der Waals surface area contributed by atoms with Gasteiger partial charge in [-0.05, 0) is 13.8 Å². The molecule has 0 spiro atoms. The molecule has 0 fully saturated rings. The van der Waals surface area contributed by atoms with Crippen LogP contribution in [-0.2, 0) is 4.74 Å². The minimum atomic E-state index is -0.481. The summed E-state index contributed by atoms with van der Waals surface area (Å²) >= 11 is 0. The number of nitrogens with one attached hydrogen (secondary N) is 3. The van der Waals surface area contributed by atoms with Gasteiger partial charge in [0.2, 0.25) is 0 Å². The maximum atomic E-state index is 12.2. The average Bonchev–Trinajstić information content (AvgIpc) is 3.36. The number of nitrogens with zero attached hydrogens (tertiary/aromatic N) is 1. The van der Waals surface area contributed by atoms with Gasteiger partial charge in [0.25, 0.3) is 5.91 Å². The number of hydrazone groups is 1. The highest BCUT2D eigenvalue weighted by molar-refractivity contribution is 5.98. The van der Waals surface area contributed by atoms with Gasteiger partial charge in [-0.1, -0.05) is 0 Å². The van der Waals surface area contributed by atoms with Crippen LogP contribution in [0.25, 0.3) is 22.2 Å². The van der Waals surface area contributed by atoms with E-state index in [9.17, 15) is 9.59 Å². The fraction of sp³-hybridized carbons (Fsp3) is 0.167. The lowest BCUT2D eigenvalue weighted by molar-refractivity contribution is 0.0595. The summed E-state index contributed by atoms with van der Waals surface area (Å²) in [4.78, 5) is 29.5. The summed E-state index contributed by atoms with van der Waals surface area (Å²) in [5, 5.41) is 3.89. The maximum absolute atomic E-state index is 12.2. The minimum absolute atomic E-state index is 0.296. The van der Waals surface area contributed by atoms with Crippen LogP contribution in [0.2, 0.25) is 0 Å². The van der Waals surface area contributed by atoms with E-state index in [4.69, 9.17) is 8.83 Å². The lowest BCUT2D eigenvalue weighted by Crippen LogP contribution is -2.17. The van der Waals surface area contributed by atoms with Crippen molar-refractivity contribution in [3.05, 3.63) is 46.7 Å². The van der Waals surface area contributed by atoms with Crippen molar-refractivity contribution in [2.24, 2.45) is 5.10 Å². The van der Waals surface area contributed by atoms with Gasteiger partial charge in [0.1, 0.15) is 22.9 Å². The highest BCUT2D eigenvalue weighted by atomic mass is 16.5. The second kappa shape index (κ2) is 6.20. The van der Waals surface area contributed by atoms with Crippen LogP contribution in [0, 0.1) is 13.8 Å². The molecule has 9 heteroatoms. The van der Waals surface area contributed by atoms with Crippen molar-refractivity contribution in [1.29, 1.82) is 0 Å². The monoisotopic (exact) mass is 368 g/mol. The third-order valence-electron chi connectivity index (χ3n) is 4.28. The van der Waals surface area contributed by atoms with Crippen molar-refractivity contribution in [2.45, 2.75) is 13.8 Å². The molecule has 0 aliphatic heterocycles. The van der Waals surface area contributed by atoms with E-state index in [0.29, 0.717) is 33.8 Å². The van der Waals surface area contributed by atoms with Crippen LogP contribution in [0.5, 0.6) is 0 Å². The Bertz CT molecular complexity index is 1170. The Kier molecular flexibility index (Phi) is 3.84. The summed E-state index contributed by atoms with van der Waals surface area (Å²) in [5.74, 6) is 0.343. The zero-order valence-corrected chi connectivity index (χ0v) is 14.8. The smallest absolute Gasteiger partial charge is 0.354 e. The van der Waals surface area contributed by atoms with Crippen molar-refractivity contribution < 1.29 is 23.2 Å². The quantitative estimate of drug-likeness (QED) is 0.290. The van der Waals surface area contributed by atoms with Crippen LogP contribution in [0.3, 0.4) is 0 Å². The first-order chi connectivity index (χ1) is 13.0. The molecular weight excluding hydrogens is 352 g/mol. The van der Waals surface area contributed by atoms with Gasteiger partial charge in [-0.3, -0.25) is 4.79 Å². The molecular formula is C18H16N4O5. The first-order valence-corrected chi connectivity index (χ1v) is 8.09. The number of carbonyl (C=O) groups is 2. The van der Waals surface area contributed by atoms with Crippen LogP contribution in [0.4, 0.5) is 0 Å². The average molecular weight is 368 g/mol. The molecule has 0 aliphatic rings. The Labute approximate surface area is 152 Å². The number of furan rings is 2. The van der Waals surface area contributed by atoms with Gasteiger partial charge in [0.05, 0.1) is 24.4 Å². The molecule has 0 saturated carbocycles. The number of esters is 1. The Morgan fingerprint density at radius 3 is 2.59 bits per heavy atom. The summed E-state index contributed by atoms with van der Waals surface area (Å²) in [6.45, 7) is 3.79.